The molecule has 94 valence electrons. The smallest absolute Gasteiger partial charge is 0.450 e. The van der Waals surface area contributed by atoms with Gasteiger partial charge >= 0.3 is 6.16 Å². The van der Waals surface area contributed by atoms with Crippen molar-refractivity contribution >= 4 is 28.6 Å². The molecule has 1 rings (SSSR count). The van der Waals surface area contributed by atoms with E-state index >= 15 is 0 Å². The van der Waals surface area contributed by atoms with Crippen molar-refractivity contribution in [3.8, 4) is 0 Å². The molecule has 0 aromatic heterocycles. The van der Waals surface area contributed by atoms with Crippen LogP contribution in [0.4, 0.5) is 4.79 Å². The van der Waals surface area contributed by atoms with E-state index in [0.717, 1.165) is 10.5 Å². The SMILES string of the molecule is CC(OC(=O)O)C(C)(C)c1ccc(SS)cc1. The monoisotopic (exact) mass is 272 g/mol. The standard InChI is InChI=1S/C12H16O3S2/c1-8(15-11(13)14)12(2,3)9-4-6-10(17-16)7-5-9/h4-8,16H,1-3H3,(H,13,14). The molecule has 0 aliphatic rings. The van der Waals surface area contributed by atoms with Gasteiger partial charge in [0.25, 0.3) is 0 Å². The van der Waals surface area contributed by atoms with Crippen LogP contribution in [0.25, 0.3) is 0 Å². The maximum Gasteiger partial charge on any atom is 0.506 e. The van der Waals surface area contributed by atoms with Gasteiger partial charge in [-0.05, 0) is 24.6 Å². The lowest BCUT2D eigenvalue weighted by Gasteiger charge is -2.31. The molecule has 0 aliphatic heterocycles. The Bertz CT molecular complexity index is 387. The molecule has 1 unspecified atom stereocenters. The van der Waals surface area contributed by atoms with Crippen molar-refractivity contribution in [3.05, 3.63) is 29.8 Å². The summed E-state index contributed by atoms with van der Waals surface area (Å²) in [7, 11) is 1.38. The predicted molar refractivity (Wildman–Crippen MR) is 72.9 cm³/mol. The average molecular weight is 272 g/mol. The molecule has 1 N–H and O–H groups in total. The van der Waals surface area contributed by atoms with E-state index in [4.69, 9.17) is 9.84 Å². The van der Waals surface area contributed by atoms with Gasteiger partial charge in [0.05, 0.1) is 0 Å². The van der Waals surface area contributed by atoms with Crippen LogP contribution in [0.5, 0.6) is 0 Å². The van der Waals surface area contributed by atoms with E-state index in [2.05, 4.69) is 11.7 Å². The number of hydrogen-bond donors (Lipinski definition) is 2. The Balaban J connectivity index is 2.90. The van der Waals surface area contributed by atoms with Crippen molar-refractivity contribution in [2.45, 2.75) is 37.2 Å². The van der Waals surface area contributed by atoms with Crippen molar-refractivity contribution in [2.24, 2.45) is 0 Å². The third-order valence-corrected chi connectivity index (χ3v) is 4.11. The third-order valence-electron chi connectivity index (χ3n) is 3.00. The molecular weight excluding hydrogens is 256 g/mol. The van der Waals surface area contributed by atoms with Crippen LogP contribution in [0.2, 0.25) is 0 Å². The minimum absolute atomic E-state index is 0.363. The van der Waals surface area contributed by atoms with Gasteiger partial charge in [0, 0.05) is 10.3 Å². The van der Waals surface area contributed by atoms with Crippen molar-refractivity contribution in [3.63, 3.8) is 0 Å². The molecule has 5 heteroatoms. The first kappa shape index (κ1) is 14.3. The number of carboxylic acid groups (broad SMARTS) is 1. The fourth-order valence-corrected chi connectivity index (χ4v) is 2.10. The van der Waals surface area contributed by atoms with E-state index in [1.165, 1.54) is 10.8 Å². The van der Waals surface area contributed by atoms with Gasteiger partial charge < -0.3 is 9.84 Å². The largest absolute Gasteiger partial charge is 0.506 e. The van der Waals surface area contributed by atoms with Crippen LogP contribution in [0.15, 0.2) is 29.2 Å². The Kier molecular flexibility index (Phi) is 4.77. The summed E-state index contributed by atoms with van der Waals surface area (Å²) in [4.78, 5) is 11.6. The fourth-order valence-electron chi connectivity index (χ4n) is 1.48. The third kappa shape index (κ3) is 3.57. The summed E-state index contributed by atoms with van der Waals surface area (Å²) in [5.74, 6) is 0. The second-order valence-electron chi connectivity index (χ2n) is 4.36. The second kappa shape index (κ2) is 5.69. The highest BCUT2D eigenvalue weighted by molar-refractivity contribution is 8.68. The number of rotatable bonds is 4. The molecule has 0 aliphatic carbocycles. The molecule has 0 spiro atoms. The zero-order chi connectivity index (χ0) is 13.1. The minimum Gasteiger partial charge on any atom is -0.450 e. The van der Waals surface area contributed by atoms with E-state index < -0.39 is 12.3 Å². The van der Waals surface area contributed by atoms with E-state index in [1.54, 1.807) is 6.92 Å². The summed E-state index contributed by atoms with van der Waals surface area (Å²) < 4.78 is 4.82. The zero-order valence-electron chi connectivity index (χ0n) is 10.0. The lowest BCUT2D eigenvalue weighted by atomic mass is 9.80. The molecule has 1 atom stereocenters. The van der Waals surface area contributed by atoms with E-state index in [-0.39, 0.29) is 5.41 Å². The van der Waals surface area contributed by atoms with Gasteiger partial charge in [0.2, 0.25) is 0 Å². The molecule has 1 aromatic carbocycles. The Morgan fingerprint density at radius 1 is 1.41 bits per heavy atom. The molecule has 0 amide bonds. The van der Waals surface area contributed by atoms with Gasteiger partial charge in [0.1, 0.15) is 6.10 Å². The first-order valence-electron chi connectivity index (χ1n) is 5.19. The Morgan fingerprint density at radius 3 is 2.35 bits per heavy atom. The summed E-state index contributed by atoms with van der Waals surface area (Å²) in [6.45, 7) is 5.68. The molecule has 17 heavy (non-hydrogen) atoms. The van der Waals surface area contributed by atoms with Gasteiger partial charge in [-0.25, -0.2) is 4.79 Å². The lowest BCUT2D eigenvalue weighted by molar-refractivity contribution is 0.0296. The highest BCUT2D eigenvalue weighted by atomic mass is 33.1. The predicted octanol–water partition coefficient (Wildman–Crippen LogP) is 3.98. The van der Waals surface area contributed by atoms with E-state index in [9.17, 15) is 4.79 Å². The van der Waals surface area contributed by atoms with Crippen molar-refractivity contribution in [2.75, 3.05) is 0 Å². The van der Waals surface area contributed by atoms with Gasteiger partial charge in [-0.3, -0.25) is 0 Å². The van der Waals surface area contributed by atoms with E-state index in [1.807, 2.05) is 38.1 Å². The molecule has 0 heterocycles. The molecule has 3 nitrogen and oxygen atoms in total. The summed E-state index contributed by atoms with van der Waals surface area (Å²) in [6, 6.07) is 7.87. The number of hydrogen-bond acceptors (Lipinski definition) is 4. The fraction of sp³-hybridized carbons (Fsp3) is 0.417. The minimum atomic E-state index is -1.24. The highest BCUT2D eigenvalue weighted by Gasteiger charge is 2.30. The highest BCUT2D eigenvalue weighted by Crippen LogP contribution is 2.31. The number of benzene rings is 1. The van der Waals surface area contributed by atoms with Crippen molar-refractivity contribution < 1.29 is 14.6 Å². The normalized spacial score (nSPS) is 13.2. The molecule has 0 saturated heterocycles. The molecule has 0 bridgehead atoms. The quantitative estimate of drug-likeness (QED) is 0.494. The Hall–Kier alpha value is -0.810. The molecule has 0 fully saturated rings. The first-order valence-corrected chi connectivity index (χ1v) is 7.06. The number of thiol groups is 1. The maximum absolute atomic E-state index is 10.6. The van der Waals surface area contributed by atoms with Crippen LogP contribution in [-0.2, 0) is 10.2 Å². The summed E-state index contributed by atoms with van der Waals surface area (Å²) in [5.41, 5.74) is 0.676. The van der Waals surface area contributed by atoms with Crippen molar-refractivity contribution in [1.29, 1.82) is 0 Å². The Labute approximate surface area is 110 Å². The van der Waals surface area contributed by atoms with Gasteiger partial charge in [-0.15, -0.1) is 11.7 Å². The van der Waals surface area contributed by atoms with Crippen LogP contribution in [0.1, 0.15) is 26.3 Å². The molecule has 0 radical (unpaired) electrons. The summed E-state index contributed by atoms with van der Waals surface area (Å²) in [5, 5.41) is 8.64. The lowest BCUT2D eigenvalue weighted by Crippen LogP contribution is -2.34. The first-order chi connectivity index (χ1) is 7.87. The van der Waals surface area contributed by atoms with Gasteiger partial charge in [-0.2, -0.15) is 0 Å². The van der Waals surface area contributed by atoms with Crippen molar-refractivity contribution in [1.82, 2.24) is 0 Å². The van der Waals surface area contributed by atoms with Crippen LogP contribution in [0.3, 0.4) is 0 Å². The number of ether oxygens (including phenoxy) is 1. The van der Waals surface area contributed by atoms with E-state index in [0.29, 0.717) is 0 Å². The summed E-state index contributed by atoms with van der Waals surface area (Å²) >= 11 is 4.12. The van der Waals surface area contributed by atoms with Crippen LogP contribution < -0.4 is 0 Å². The topological polar surface area (TPSA) is 46.5 Å². The van der Waals surface area contributed by atoms with Crippen LogP contribution >= 0.6 is 22.5 Å². The Morgan fingerprint density at radius 2 is 1.94 bits per heavy atom. The molecular formula is C12H16O3S2. The second-order valence-corrected chi connectivity index (χ2v) is 5.57. The van der Waals surface area contributed by atoms with Gasteiger partial charge in [-0.1, -0.05) is 36.8 Å². The average Bonchev–Trinajstić information content (AvgIpc) is 2.28. The maximum atomic E-state index is 10.6. The summed E-state index contributed by atoms with van der Waals surface area (Å²) in [6.07, 6.45) is -1.65. The van der Waals surface area contributed by atoms with Crippen LogP contribution in [-0.4, -0.2) is 17.4 Å². The van der Waals surface area contributed by atoms with Gasteiger partial charge in [0.15, 0.2) is 0 Å². The number of carbonyl (C=O) groups is 1. The van der Waals surface area contributed by atoms with Crippen LogP contribution in [0, 0.1) is 0 Å². The molecule has 0 saturated carbocycles. The molecule has 1 aromatic rings. The zero-order valence-corrected chi connectivity index (χ0v) is 11.7.